The maximum atomic E-state index is 12.7. The van der Waals surface area contributed by atoms with Gasteiger partial charge >= 0.3 is 0 Å². The number of amides is 2. The molecule has 3 heterocycles. The van der Waals surface area contributed by atoms with Crippen LogP contribution < -0.4 is 5.32 Å². The monoisotopic (exact) mass is 426 g/mol. The lowest BCUT2D eigenvalue weighted by Crippen LogP contribution is -2.61. The molecule has 3 saturated heterocycles. The summed E-state index contributed by atoms with van der Waals surface area (Å²) >= 11 is 0. The molecule has 1 unspecified atom stereocenters. The van der Waals surface area contributed by atoms with Crippen molar-refractivity contribution < 1.29 is 19.1 Å². The van der Waals surface area contributed by atoms with Gasteiger partial charge in [0.25, 0.3) is 0 Å². The molecule has 10 heteroatoms. The van der Waals surface area contributed by atoms with Crippen molar-refractivity contribution in [2.75, 3.05) is 65.6 Å². The second-order valence-corrected chi connectivity index (χ2v) is 6.98. The Kier molecular flexibility index (Phi) is 10.3. The standard InChI is InChI=1S/C17H30N4O4.2ClH/c1-13(16(22)21-8-11-24-12-9-21)19-4-6-20(7-5-19)17(23)15-14(2)25-10-3-18-15;;/h13-15,18H,3-12H2,1-2H3;2*1H/t13?,14-,15+;;/m1../s1. The van der Waals surface area contributed by atoms with Crippen LogP contribution in [0.4, 0.5) is 0 Å². The summed E-state index contributed by atoms with van der Waals surface area (Å²) in [5, 5.41) is 3.26. The van der Waals surface area contributed by atoms with Crippen molar-refractivity contribution in [2.24, 2.45) is 0 Å². The van der Waals surface area contributed by atoms with Crippen LogP contribution in [0.3, 0.4) is 0 Å². The molecule has 3 rings (SSSR count). The van der Waals surface area contributed by atoms with Gasteiger partial charge in [-0.2, -0.15) is 0 Å². The maximum absolute atomic E-state index is 12.7. The molecule has 3 aliphatic heterocycles. The van der Waals surface area contributed by atoms with E-state index in [0.717, 1.165) is 13.1 Å². The molecule has 0 aromatic carbocycles. The topological polar surface area (TPSA) is 74.4 Å². The molecule has 0 bridgehead atoms. The molecule has 0 aliphatic carbocycles. The molecule has 3 atom stereocenters. The zero-order chi connectivity index (χ0) is 17.8. The van der Waals surface area contributed by atoms with Crippen LogP contribution >= 0.6 is 24.8 Å². The van der Waals surface area contributed by atoms with Crippen molar-refractivity contribution in [2.45, 2.75) is 32.0 Å². The van der Waals surface area contributed by atoms with Crippen molar-refractivity contribution in [3.05, 3.63) is 0 Å². The Bertz CT molecular complexity index is 486. The first-order valence-corrected chi connectivity index (χ1v) is 9.32. The van der Waals surface area contributed by atoms with E-state index < -0.39 is 0 Å². The number of hydrogen-bond acceptors (Lipinski definition) is 6. The molecule has 0 aromatic heterocycles. The Morgan fingerprint density at radius 3 is 2.19 bits per heavy atom. The summed E-state index contributed by atoms with van der Waals surface area (Å²) in [6.07, 6.45) is -0.0962. The fourth-order valence-corrected chi connectivity index (χ4v) is 3.74. The number of carbonyl (C=O) groups is 2. The zero-order valence-corrected chi connectivity index (χ0v) is 17.7. The predicted molar refractivity (Wildman–Crippen MR) is 107 cm³/mol. The van der Waals surface area contributed by atoms with E-state index in [4.69, 9.17) is 9.47 Å². The summed E-state index contributed by atoms with van der Waals surface area (Å²) in [4.78, 5) is 31.3. The van der Waals surface area contributed by atoms with Crippen LogP contribution in [0.15, 0.2) is 0 Å². The van der Waals surface area contributed by atoms with E-state index in [1.807, 2.05) is 23.6 Å². The molecule has 0 aromatic rings. The van der Waals surface area contributed by atoms with Crippen LogP contribution in [0.25, 0.3) is 0 Å². The van der Waals surface area contributed by atoms with Gasteiger partial charge < -0.3 is 24.6 Å². The second-order valence-electron chi connectivity index (χ2n) is 6.98. The Morgan fingerprint density at radius 1 is 0.963 bits per heavy atom. The van der Waals surface area contributed by atoms with E-state index in [-0.39, 0.29) is 54.8 Å². The lowest BCUT2D eigenvalue weighted by molar-refractivity contribution is -0.144. The first-order valence-electron chi connectivity index (χ1n) is 9.32. The summed E-state index contributed by atoms with van der Waals surface area (Å²) in [5.41, 5.74) is 0. The lowest BCUT2D eigenvalue weighted by atomic mass is 10.1. The first kappa shape index (κ1) is 24.4. The van der Waals surface area contributed by atoms with Crippen LogP contribution in [-0.4, -0.2) is 110 Å². The highest BCUT2D eigenvalue weighted by atomic mass is 35.5. The smallest absolute Gasteiger partial charge is 0.242 e. The maximum Gasteiger partial charge on any atom is 0.242 e. The molecule has 8 nitrogen and oxygen atoms in total. The number of halogens is 2. The van der Waals surface area contributed by atoms with Crippen LogP contribution in [-0.2, 0) is 19.1 Å². The zero-order valence-electron chi connectivity index (χ0n) is 16.1. The number of morpholine rings is 2. The summed E-state index contributed by atoms with van der Waals surface area (Å²) in [6.45, 7) is 10.6. The van der Waals surface area contributed by atoms with Gasteiger partial charge in [-0.3, -0.25) is 14.5 Å². The number of carbonyl (C=O) groups excluding carboxylic acids is 2. The van der Waals surface area contributed by atoms with E-state index in [1.165, 1.54) is 0 Å². The fraction of sp³-hybridized carbons (Fsp3) is 0.882. The third-order valence-electron chi connectivity index (χ3n) is 5.44. The van der Waals surface area contributed by atoms with Gasteiger partial charge in [0, 0.05) is 45.8 Å². The molecule has 3 fully saturated rings. The van der Waals surface area contributed by atoms with E-state index in [0.29, 0.717) is 52.5 Å². The number of nitrogens with zero attached hydrogens (tertiary/aromatic N) is 3. The van der Waals surface area contributed by atoms with Crippen molar-refractivity contribution in [3.63, 3.8) is 0 Å². The van der Waals surface area contributed by atoms with Gasteiger partial charge in [0.05, 0.1) is 32.0 Å². The SMILES string of the molecule is CC(C(=O)N1CCOCC1)N1CCN(C(=O)[C@H]2NCCO[C@@H]2C)CC1.Cl.Cl. The van der Waals surface area contributed by atoms with E-state index >= 15 is 0 Å². The highest BCUT2D eigenvalue weighted by Gasteiger charge is 2.35. The second kappa shape index (κ2) is 11.4. The van der Waals surface area contributed by atoms with Crippen LogP contribution in [0.5, 0.6) is 0 Å². The lowest BCUT2D eigenvalue weighted by Gasteiger charge is -2.41. The van der Waals surface area contributed by atoms with Gasteiger partial charge in [-0.15, -0.1) is 24.8 Å². The van der Waals surface area contributed by atoms with Gasteiger partial charge in [-0.05, 0) is 13.8 Å². The minimum atomic E-state index is -0.257. The third-order valence-corrected chi connectivity index (χ3v) is 5.44. The Labute approximate surface area is 173 Å². The van der Waals surface area contributed by atoms with Crippen LogP contribution in [0.2, 0.25) is 0 Å². The number of piperazine rings is 1. The van der Waals surface area contributed by atoms with E-state index in [9.17, 15) is 9.59 Å². The Balaban J connectivity index is 0.00000182. The van der Waals surface area contributed by atoms with Gasteiger partial charge in [0.1, 0.15) is 6.04 Å². The molecule has 1 N–H and O–H groups in total. The number of nitrogens with one attached hydrogen (secondary N) is 1. The molecule has 2 amide bonds. The molecule has 0 radical (unpaired) electrons. The van der Waals surface area contributed by atoms with Gasteiger partial charge in [0.2, 0.25) is 11.8 Å². The number of ether oxygens (including phenoxy) is 2. The van der Waals surface area contributed by atoms with Gasteiger partial charge in [-0.1, -0.05) is 0 Å². The van der Waals surface area contributed by atoms with E-state index in [1.54, 1.807) is 0 Å². The van der Waals surface area contributed by atoms with E-state index in [2.05, 4.69) is 10.2 Å². The Morgan fingerprint density at radius 2 is 1.59 bits per heavy atom. The van der Waals surface area contributed by atoms with Crippen molar-refractivity contribution in [3.8, 4) is 0 Å². The average molecular weight is 427 g/mol. The molecular weight excluding hydrogens is 395 g/mol. The fourth-order valence-electron chi connectivity index (χ4n) is 3.74. The first-order chi connectivity index (χ1) is 12.1. The molecule has 0 spiro atoms. The molecular formula is C17H32Cl2N4O4. The summed E-state index contributed by atoms with van der Waals surface area (Å²) in [6, 6.07) is -0.405. The van der Waals surface area contributed by atoms with Gasteiger partial charge in [0.15, 0.2) is 0 Å². The average Bonchev–Trinajstić information content (AvgIpc) is 2.67. The highest BCUT2D eigenvalue weighted by Crippen LogP contribution is 2.13. The minimum Gasteiger partial charge on any atom is -0.378 e. The minimum absolute atomic E-state index is 0. The largest absolute Gasteiger partial charge is 0.378 e. The summed E-state index contributed by atoms with van der Waals surface area (Å²) < 4.78 is 10.9. The van der Waals surface area contributed by atoms with Gasteiger partial charge in [-0.25, -0.2) is 0 Å². The number of hydrogen-bond donors (Lipinski definition) is 1. The summed E-state index contributed by atoms with van der Waals surface area (Å²) in [5.74, 6) is 0.276. The molecule has 158 valence electrons. The predicted octanol–water partition coefficient (Wildman–Crippen LogP) is -0.402. The molecule has 0 saturated carbocycles. The molecule has 3 aliphatic rings. The van der Waals surface area contributed by atoms with Crippen molar-refractivity contribution in [1.29, 1.82) is 0 Å². The highest BCUT2D eigenvalue weighted by molar-refractivity contribution is 5.85. The Hall–Kier alpha value is -0.640. The van der Waals surface area contributed by atoms with Crippen LogP contribution in [0.1, 0.15) is 13.8 Å². The van der Waals surface area contributed by atoms with Crippen molar-refractivity contribution in [1.82, 2.24) is 20.0 Å². The summed E-state index contributed by atoms with van der Waals surface area (Å²) in [7, 11) is 0. The number of rotatable bonds is 3. The molecule has 27 heavy (non-hydrogen) atoms. The third kappa shape index (κ3) is 5.92. The normalized spacial score (nSPS) is 27.9. The van der Waals surface area contributed by atoms with Crippen molar-refractivity contribution >= 4 is 36.6 Å². The van der Waals surface area contributed by atoms with Crippen LogP contribution in [0, 0.1) is 0 Å². The quantitative estimate of drug-likeness (QED) is 0.661.